The first kappa shape index (κ1) is 15.7. The van der Waals surface area contributed by atoms with Gasteiger partial charge in [-0.2, -0.15) is 13.2 Å². The van der Waals surface area contributed by atoms with E-state index in [0.29, 0.717) is 16.7 Å². The van der Waals surface area contributed by atoms with Gasteiger partial charge in [0.2, 0.25) is 0 Å². The molecule has 2 aromatic rings. The number of hydrogen-bond donors (Lipinski definition) is 1. The van der Waals surface area contributed by atoms with Crippen molar-refractivity contribution in [3.8, 4) is 0 Å². The third-order valence-electron chi connectivity index (χ3n) is 3.03. The zero-order chi connectivity index (χ0) is 15.6. The number of halogens is 5. The van der Waals surface area contributed by atoms with Gasteiger partial charge in [-0.15, -0.1) is 0 Å². The molecule has 0 aliphatic rings. The largest absolute Gasteiger partial charge is 0.419 e. The average molecular weight is 319 g/mol. The van der Waals surface area contributed by atoms with E-state index in [2.05, 4.69) is 4.98 Å². The standard InChI is InChI=1S/C14H11ClF4N2/c15-11-7-21-5-4-8(11)6-12(20)9-2-1-3-10(13(9)16)14(17,18)19/h1-5,7,12H,6,20H2. The molecule has 1 aromatic heterocycles. The molecule has 0 spiro atoms. The normalized spacial score (nSPS) is 13.2. The van der Waals surface area contributed by atoms with Crippen molar-refractivity contribution in [2.45, 2.75) is 18.6 Å². The maximum absolute atomic E-state index is 14.0. The second-order valence-electron chi connectivity index (χ2n) is 4.48. The highest BCUT2D eigenvalue weighted by Crippen LogP contribution is 2.34. The minimum atomic E-state index is -4.76. The Bertz CT molecular complexity index is 643. The van der Waals surface area contributed by atoms with Crippen LogP contribution in [-0.2, 0) is 12.6 Å². The topological polar surface area (TPSA) is 38.9 Å². The first-order valence-electron chi connectivity index (χ1n) is 6.00. The van der Waals surface area contributed by atoms with Gasteiger partial charge in [0.25, 0.3) is 0 Å². The van der Waals surface area contributed by atoms with E-state index in [9.17, 15) is 17.6 Å². The van der Waals surface area contributed by atoms with Crippen molar-refractivity contribution in [2.24, 2.45) is 5.73 Å². The van der Waals surface area contributed by atoms with E-state index in [1.807, 2.05) is 0 Å². The van der Waals surface area contributed by atoms with Crippen molar-refractivity contribution < 1.29 is 17.6 Å². The summed E-state index contributed by atoms with van der Waals surface area (Å²) in [6.07, 6.45) is -1.77. The van der Waals surface area contributed by atoms with E-state index >= 15 is 0 Å². The summed E-state index contributed by atoms with van der Waals surface area (Å²) in [7, 11) is 0. The van der Waals surface area contributed by atoms with Gasteiger partial charge in [0.1, 0.15) is 5.82 Å². The number of alkyl halides is 3. The maximum atomic E-state index is 14.0. The Labute approximate surface area is 123 Å². The summed E-state index contributed by atoms with van der Waals surface area (Å²) >= 11 is 5.91. The van der Waals surface area contributed by atoms with Crippen LogP contribution in [0.3, 0.4) is 0 Å². The predicted molar refractivity (Wildman–Crippen MR) is 71.3 cm³/mol. The molecule has 0 amide bonds. The summed E-state index contributed by atoms with van der Waals surface area (Å²) in [5.74, 6) is -1.34. The second-order valence-corrected chi connectivity index (χ2v) is 4.89. The Kier molecular flexibility index (Phi) is 4.49. The smallest absolute Gasteiger partial charge is 0.324 e. The van der Waals surface area contributed by atoms with Crippen molar-refractivity contribution in [3.63, 3.8) is 0 Å². The van der Waals surface area contributed by atoms with Gasteiger partial charge >= 0.3 is 6.18 Å². The summed E-state index contributed by atoms with van der Waals surface area (Å²) in [5.41, 5.74) is 4.90. The van der Waals surface area contributed by atoms with Gasteiger partial charge in [0, 0.05) is 24.0 Å². The molecule has 0 aliphatic carbocycles. The molecule has 2 rings (SSSR count). The van der Waals surface area contributed by atoms with Gasteiger partial charge in [-0.25, -0.2) is 4.39 Å². The molecule has 7 heteroatoms. The van der Waals surface area contributed by atoms with Crippen LogP contribution in [0.25, 0.3) is 0 Å². The minimum Gasteiger partial charge on any atom is -0.324 e. The first-order chi connectivity index (χ1) is 9.80. The van der Waals surface area contributed by atoms with Gasteiger partial charge in [-0.1, -0.05) is 23.7 Å². The van der Waals surface area contributed by atoms with Crippen LogP contribution >= 0.6 is 11.6 Å². The highest BCUT2D eigenvalue weighted by atomic mass is 35.5. The Morgan fingerprint density at radius 3 is 2.57 bits per heavy atom. The Hall–Kier alpha value is -1.66. The van der Waals surface area contributed by atoms with Crippen LogP contribution in [0, 0.1) is 5.82 Å². The summed E-state index contributed by atoms with van der Waals surface area (Å²) in [5, 5.41) is 0.334. The van der Waals surface area contributed by atoms with Crippen LogP contribution in [0.1, 0.15) is 22.7 Å². The van der Waals surface area contributed by atoms with Crippen LogP contribution in [0.5, 0.6) is 0 Å². The predicted octanol–water partition coefficient (Wildman–Crippen LogP) is 4.14. The van der Waals surface area contributed by atoms with Crippen LogP contribution in [0.4, 0.5) is 17.6 Å². The van der Waals surface area contributed by atoms with Crippen LogP contribution in [0.15, 0.2) is 36.7 Å². The molecular formula is C14H11ClF4N2. The van der Waals surface area contributed by atoms with Gasteiger partial charge < -0.3 is 5.73 Å². The number of nitrogens with zero attached hydrogens (tertiary/aromatic N) is 1. The third-order valence-corrected chi connectivity index (χ3v) is 3.37. The van der Waals surface area contributed by atoms with Crippen molar-refractivity contribution in [1.82, 2.24) is 4.98 Å². The average Bonchev–Trinajstić information content (AvgIpc) is 2.40. The third kappa shape index (κ3) is 3.51. The zero-order valence-electron chi connectivity index (χ0n) is 10.7. The van der Waals surface area contributed by atoms with E-state index < -0.39 is 23.6 Å². The van der Waals surface area contributed by atoms with Crippen molar-refractivity contribution in [2.75, 3.05) is 0 Å². The van der Waals surface area contributed by atoms with Crippen molar-refractivity contribution in [3.05, 3.63) is 64.2 Å². The fourth-order valence-electron chi connectivity index (χ4n) is 1.97. The highest BCUT2D eigenvalue weighted by molar-refractivity contribution is 6.31. The number of pyridine rings is 1. The van der Waals surface area contributed by atoms with Crippen LogP contribution in [-0.4, -0.2) is 4.98 Å². The molecule has 21 heavy (non-hydrogen) atoms. The lowest BCUT2D eigenvalue weighted by atomic mass is 9.97. The lowest BCUT2D eigenvalue weighted by molar-refractivity contribution is -0.140. The summed E-state index contributed by atoms with van der Waals surface area (Å²) in [6, 6.07) is 3.71. The first-order valence-corrected chi connectivity index (χ1v) is 6.38. The number of hydrogen-bond acceptors (Lipinski definition) is 2. The van der Waals surface area contributed by atoms with E-state index in [1.54, 1.807) is 6.07 Å². The molecule has 2 nitrogen and oxygen atoms in total. The molecule has 0 saturated carbocycles. The molecule has 0 bridgehead atoms. The lowest BCUT2D eigenvalue weighted by Crippen LogP contribution is -2.18. The number of benzene rings is 1. The van der Waals surface area contributed by atoms with E-state index in [0.717, 1.165) is 6.07 Å². The second kappa shape index (κ2) is 5.99. The Morgan fingerprint density at radius 2 is 1.95 bits per heavy atom. The number of aromatic nitrogens is 1. The maximum Gasteiger partial charge on any atom is 0.419 e. The Balaban J connectivity index is 2.32. The molecule has 1 unspecified atom stereocenters. The van der Waals surface area contributed by atoms with Gasteiger partial charge in [-0.3, -0.25) is 4.98 Å². The van der Waals surface area contributed by atoms with E-state index in [4.69, 9.17) is 17.3 Å². The molecular weight excluding hydrogens is 308 g/mol. The molecule has 0 saturated heterocycles. The summed E-state index contributed by atoms with van der Waals surface area (Å²) in [4.78, 5) is 3.79. The lowest BCUT2D eigenvalue weighted by Gasteiger charge is -2.16. The summed E-state index contributed by atoms with van der Waals surface area (Å²) in [6.45, 7) is 0. The molecule has 2 N–H and O–H groups in total. The van der Waals surface area contributed by atoms with Gasteiger partial charge in [-0.05, 0) is 24.1 Å². The van der Waals surface area contributed by atoms with E-state index in [-0.39, 0.29) is 12.0 Å². The molecule has 0 radical (unpaired) electrons. The van der Waals surface area contributed by atoms with Crippen LogP contribution < -0.4 is 5.73 Å². The van der Waals surface area contributed by atoms with Crippen molar-refractivity contribution >= 4 is 11.6 Å². The Morgan fingerprint density at radius 1 is 1.24 bits per heavy atom. The fraction of sp³-hybridized carbons (Fsp3) is 0.214. The molecule has 112 valence electrons. The van der Waals surface area contributed by atoms with Crippen molar-refractivity contribution in [1.29, 1.82) is 0 Å². The molecule has 0 aliphatic heterocycles. The number of rotatable bonds is 3. The highest BCUT2D eigenvalue weighted by Gasteiger charge is 2.35. The quantitative estimate of drug-likeness (QED) is 0.864. The fourth-order valence-corrected chi connectivity index (χ4v) is 2.17. The van der Waals surface area contributed by atoms with Gasteiger partial charge in [0.15, 0.2) is 0 Å². The summed E-state index contributed by atoms with van der Waals surface area (Å²) < 4.78 is 52.0. The van der Waals surface area contributed by atoms with Gasteiger partial charge in [0.05, 0.1) is 10.6 Å². The monoisotopic (exact) mass is 318 g/mol. The SMILES string of the molecule is NC(Cc1ccncc1Cl)c1cccc(C(F)(F)F)c1F. The van der Waals surface area contributed by atoms with E-state index in [1.165, 1.54) is 18.5 Å². The zero-order valence-corrected chi connectivity index (χ0v) is 11.4. The van der Waals surface area contributed by atoms with Crippen LogP contribution in [0.2, 0.25) is 5.02 Å². The number of nitrogens with two attached hydrogens (primary N) is 1. The minimum absolute atomic E-state index is 0.111. The molecule has 1 heterocycles. The molecule has 1 aromatic carbocycles. The molecule has 0 fully saturated rings. The molecule has 1 atom stereocenters.